The van der Waals surface area contributed by atoms with Gasteiger partial charge in [-0.2, -0.15) is 0 Å². The molecule has 0 bridgehead atoms. The first-order valence-electron chi connectivity index (χ1n) is 35.2. The van der Waals surface area contributed by atoms with Crippen molar-refractivity contribution in [1.82, 2.24) is 0 Å². The van der Waals surface area contributed by atoms with Crippen LogP contribution in [0.3, 0.4) is 0 Å². The predicted octanol–water partition coefficient (Wildman–Crippen LogP) is 21.1. The van der Waals surface area contributed by atoms with Crippen LogP contribution in [-0.4, -0.2) is 174 Å². The van der Waals surface area contributed by atoms with Gasteiger partial charge in [-0.05, 0) is 44.9 Å². The number of nitro benzene ring substituents is 3. The Balaban J connectivity index is -0.000000412. The van der Waals surface area contributed by atoms with E-state index < -0.39 is 67.9 Å². The average Bonchev–Trinajstić information content (AvgIpc) is 0.803. The number of ether oxygens (including phenoxy) is 7. The first-order chi connectivity index (χ1) is 50.3. The molecule has 0 saturated carbocycles. The van der Waals surface area contributed by atoms with E-state index in [9.17, 15) is 68.7 Å². The largest absolute Gasteiger partial charge is 0.469 e. The molecule has 25 nitrogen and oxygen atoms in total. The quantitative estimate of drug-likeness (QED) is 0.0120. The van der Waals surface area contributed by atoms with Crippen LogP contribution in [0.5, 0.6) is 0 Å². The highest BCUT2D eigenvalue weighted by atomic mass is 33.1. The Morgan fingerprint density at radius 3 is 1.04 bits per heavy atom. The molecule has 0 fully saturated rings. The van der Waals surface area contributed by atoms with Gasteiger partial charge in [0.05, 0.1) is 81.2 Å². The molecular formula is C72H128N4O21S12. The third-order valence-corrected chi connectivity index (χ3v) is 32.4. The summed E-state index contributed by atoms with van der Waals surface area (Å²) in [6.07, 6.45) is 14.2. The summed E-state index contributed by atoms with van der Waals surface area (Å²) in [5.41, 5.74) is 2.31. The highest BCUT2D eigenvalue weighted by Crippen LogP contribution is 2.41. The second-order valence-electron chi connectivity index (χ2n) is 29.4. The maximum atomic E-state index is 12.2. The number of esters is 7. The van der Waals surface area contributed by atoms with Crippen molar-refractivity contribution >= 4 is 194 Å². The van der Waals surface area contributed by atoms with Crippen molar-refractivity contribution in [2.75, 3.05) is 77.2 Å². The Kier molecular flexibility index (Phi) is 68.9. The Morgan fingerprint density at radius 2 is 0.706 bits per heavy atom. The van der Waals surface area contributed by atoms with Gasteiger partial charge in [0.1, 0.15) is 24.5 Å². The zero-order chi connectivity index (χ0) is 85.2. The van der Waals surface area contributed by atoms with Crippen LogP contribution in [0.2, 0.25) is 0 Å². The molecule has 0 spiro atoms. The molecule has 0 radical (unpaired) electrons. The molecule has 0 aliphatic heterocycles. The number of unbranched alkanes of at least 4 members (excludes halogenated alkanes) is 6. The molecule has 3 atom stereocenters. The molecule has 2 N–H and O–H groups in total. The molecule has 1 aromatic carbocycles. The first kappa shape index (κ1) is 115. The maximum Gasteiger partial charge on any atom is 0.352 e. The van der Waals surface area contributed by atoms with Crippen LogP contribution in [0.15, 0.2) is 24.8 Å². The molecule has 0 aromatic heterocycles. The number of nitrogens with zero attached hydrogens (tertiary/aromatic N) is 3. The second-order valence-corrected chi connectivity index (χ2v) is 48.6. The number of allylic oxidation sites excluding steroid dienone is 1. The molecule has 0 amide bonds. The van der Waals surface area contributed by atoms with Crippen LogP contribution in [0.1, 0.15) is 233 Å². The van der Waals surface area contributed by atoms with E-state index in [0.717, 1.165) is 44.3 Å². The summed E-state index contributed by atoms with van der Waals surface area (Å²) in [5, 5.41) is 33.3. The Bertz CT molecular complexity index is 2790. The molecule has 1 rings (SSSR count). The molecule has 0 aliphatic rings. The van der Waals surface area contributed by atoms with Crippen LogP contribution >= 0.6 is 130 Å². The third kappa shape index (κ3) is 77.6. The number of rotatable bonds is 45. The third-order valence-electron chi connectivity index (χ3n) is 11.9. The minimum Gasteiger partial charge on any atom is -0.469 e. The molecule has 0 heterocycles. The molecule has 109 heavy (non-hydrogen) atoms. The molecule has 0 saturated heterocycles. The fourth-order valence-corrected chi connectivity index (χ4v) is 21.7. The molecule has 634 valence electrons. The average molecular weight is 1770 g/mol. The Labute approximate surface area is 698 Å². The van der Waals surface area contributed by atoms with Crippen molar-refractivity contribution in [3.63, 3.8) is 0 Å². The van der Waals surface area contributed by atoms with E-state index in [-0.39, 0.29) is 74.4 Å². The molecule has 1 aromatic rings. The number of carbonyl (C=O) groups is 8. The van der Waals surface area contributed by atoms with Crippen molar-refractivity contribution in [3.05, 3.63) is 60.7 Å². The summed E-state index contributed by atoms with van der Waals surface area (Å²) in [6, 6.07) is 0.556. The first-order valence-corrected chi connectivity index (χ1v) is 49.1. The number of Topliss-reactive ketones (excluding diaryl/α,β-unsaturated/α-hetero) is 1. The van der Waals surface area contributed by atoms with Crippen LogP contribution in [0.25, 0.3) is 0 Å². The second kappa shape index (κ2) is 65.4. The minimum absolute atomic E-state index is 0.0855. The number of methoxy groups -OCH3 is 6. The van der Waals surface area contributed by atoms with E-state index >= 15 is 0 Å². The number of hydrogen-bond acceptors (Lipinski definition) is 34. The Morgan fingerprint density at radius 1 is 0.404 bits per heavy atom. The summed E-state index contributed by atoms with van der Waals surface area (Å²) in [6.45, 7) is 41.5. The van der Waals surface area contributed by atoms with Crippen LogP contribution in [-0.2, 0) is 78.1 Å². The van der Waals surface area contributed by atoms with Gasteiger partial charge in [-0.3, -0.25) is 68.7 Å². The lowest BCUT2D eigenvalue weighted by Gasteiger charge is -2.18. The standard InChI is InChI=1S/C17H21N3O10S2.C14H24O3S2.C12H24O2S2.C11H22O2S2.C10H20O2S2.C8H17NO2S2/c1-17(2,3)32-31-9-11(16(22)29-4)6-15(21)30-8-10-5-13(19(25)26)14(20(27)28)7-12(10)18(23)24;1-6-7-8-12(15)9-11(13(16)17-5)10-18-19-14(2,3)4;1-12(2,3)16-15-10-8-6-5-7-9-11(13)14-4;1-11(2,3)15-14-9-7-5-6-8-10(12)13-4;1-10(2,3)14-13-8-6-5-7-9(11)12-4;1-8(2,3)13-12-5-6(9)7(10)11-4/h5,7,11H,6,8-9H2,1-4H3;6,11H,1,7-10H2,2-5H3;5-10H2,1-4H3;5-9H2,1-4H3;5-8H2,1-4H3;6H,5,9H2,1-4H3. The number of benzene rings is 1. The van der Waals surface area contributed by atoms with E-state index in [2.05, 4.69) is 134 Å². The van der Waals surface area contributed by atoms with Crippen molar-refractivity contribution < 1.29 is 86.3 Å². The van der Waals surface area contributed by atoms with Gasteiger partial charge < -0.3 is 38.9 Å². The molecule has 0 aliphatic carbocycles. The fourth-order valence-electron chi connectivity index (χ4n) is 6.87. The van der Waals surface area contributed by atoms with Gasteiger partial charge in [0.25, 0.3) is 5.69 Å². The van der Waals surface area contributed by atoms with Gasteiger partial charge in [0.2, 0.25) is 0 Å². The molecule has 37 heteroatoms. The summed E-state index contributed by atoms with van der Waals surface area (Å²) in [7, 11) is 29.3. The van der Waals surface area contributed by atoms with Crippen molar-refractivity contribution in [2.45, 2.75) is 268 Å². The van der Waals surface area contributed by atoms with E-state index in [1.165, 1.54) is 95.0 Å². The zero-order valence-electron chi connectivity index (χ0n) is 68.8. The molecule has 3 unspecified atom stereocenters. The van der Waals surface area contributed by atoms with E-state index in [4.69, 9.17) is 15.2 Å². The lowest BCUT2D eigenvalue weighted by atomic mass is 10.0. The van der Waals surface area contributed by atoms with Crippen LogP contribution in [0.4, 0.5) is 17.1 Å². The summed E-state index contributed by atoms with van der Waals surface area (Å²) in [4.78, 5) is 121. The smallest absolute Gasteiger partial charge is 0.352 e. The predicted molar refractivity (Wildman–Crippen MR) is 471 cm³/mol. The SMILES string of the molecule is C=CCCC(=O)CC(CSSC(C)(C)C)C(=O)OC.COC(=O)C(CSSC(C)(C)C)CC(=O)OCc1cc([N+](=O)[O-])c([N+](=O)[O-])cc1[N+](=O)[O-].COC(=O)C(N)CSSC(C)(C)C.COC(=O)CCCCCCSSC(C)(C)C.COC(=O)CCCCCSSC(C)(C)C.COC(=O)CCCCSSC(C)(C)C. The maximum absolute atomic E-state index is 12.2. The topological polar surface area (TPSA) is 357 Å². The van der Waals surface area contributed by atoms with Gasteiger partial charge >= 0.3 is 53.2 Å². The van der Waals surface area contributed by atoms with Gasteiger partial charge in [0.15, 0.2) is 0 Å². The van der Waals surface area contributed by atoms with Crippen molar-refractivity contribution in [1.29, 1.82) is 0 Å². The zero-order valence-corrected chi connectivity index (χ0v) is 78.6. The summed E-state index contributed by atoms with van der Waals surface area (Å²) >= 11 is 0. The number of hydrogen-bond donors (Lipinski definition) is 1. The number of carbonyl (C=O) groups excluding carboxylic acids is 8. The van der Waals surface area contributed by atoms with E-state index in [1.54, 1.807) is 49.3 Å². The number of ketones is 1. The van der Waals surface area contributed by atoms with Gasteiger partial charge in [-0.25, -0.2) is 0 Å². The van der Waals surface area contributed by atoms with Gasteiger partial charge in [0, 0.05) is 101 Å². The minimum atomic E-state index is -1.12. The number of nitrogens with two attached hydrogens (primary N) is 1. The van der Waals surface area contributed by atoms with Gasteiger partial charge in [-0.1, -0.05) is 279 Å². The van der Waals surface area contributed by atoms with E-state index in [1.807, 2.05) is 85.5 Å². The van der Waals surface area contributed by atoms with Gasteiger partial charge in [-0.15, -0.1) is 6.58 Å². The van der Waals surface area contributed by atoms with Crippen LogP contribution < -0.4 is 5.73 Å². The number of nitro groups is 3. The van der Waals surface area contributed by atoms with Crippen LogP contribution in [0, 0.1) is 42.2 Å². The Hall–Kier alpha value is -2.72. The van der Waals surface area contributed by atoms with Crippen molar-refractivity contribution in [2.24, 2.45) is 17.6 Å². The summed E-state index contributed by atoms with van der Waals surface area (Å²) < 4.78 is 33.9. The van der Waals surface area contributed by atoms with Crippen molar-refractivity contribution in [3.8, 4) is 0 Å². The lowest BCUT2D eigenvalue weighted by molar-refractivity contribution is -0.424. The normalized spacial score (nSPS) is 12.2. The lowest BCUT2D eigenvalue weighted by Crippen LogP contribution is -2.33. The summed E-state index contributed by atoms with van der Waals surface area (Å²) in [5.74, 6) is 1.39. The fraction of sp³-hybridized carbons (Fsp3) is 0.778. The monoisotopic (exact) mass is 1770 g/mol. The highest BCUT2D eigenvalue weighted by Gasteiger charge is 2.33. The van der Waals surface area contributed by atoms with E-state index in [0.29, 0.717) is 70.0 Å². The highest BCUT2D eigenvalue weighted by molar-refractivity contribution is 8.78. The molecular weight excluding hydrogens is 1640 g/mol.